The molecule has 6 heteroatoms. The van der Waals surface area contributed by atoms with Crippen molar-refractivity contribution in [3.8, 4) is 5.75 Å². The van der Waals surface area contributed by atoms with E-state index in [0.717, 1.165) is 6.26 Å². The molecular weight excluding hydrogens is 242 g/mol. The van der Waals surface area contributed by atoms with Crippen LogP contribution in [0.2, 0.25) is 0 Å². The highest BCUT2D eigenvalue weighted by molar-refractivity contribution is 7.91. The van der Waals surface area contributed by atoms with Gasteiger partial charge in [-0.1, -0.05) is 12.1 Å². The van der Waals surface area contributed by atoms with Crippen molar-refractivity contribution < 1.29 is 18.3 Å². The smallest absolute Gasteiger partial charge is 0.197 e. The van der Waals surface area contributed by atoms with Crippen LogP contribution in [0, 0.1) is 0 Å². The maximum absolute atomic E-state index is 11.7. The third kappa shape index (κ3) is 2.31. The van der Waals surface area contributed by atoms with Gasteiger partial charge in [-0.3, -0.25) is 4.79 Å². The SMILES string of the molecule is CS(=O)(=O)CC(=O)c1[nH]c2ccccc2c1O. The minimum Gasteiger partial charge on any atom is -0.505 e. The van der Waals surface area contributed by atoms with Crippen LogP contribution < -0.4 is 0 Å². The minimum absolute atomic E-state index is 0.0587. The van der Waals surface area contributed by atoms with Crippen LogP contribution in [-0.2, 0) is 9.84 Å². The summed E-state index contributed by atoms with van der Waals surface area (Å²) in [5, 5.41) is 10.3. The number of sulfone groups is 1. The molecule has 2 aromatic rings. The van der Waals surface area contributed by atoms with E-state index in [0.29, 0.717) is 10.9 Å². The molecular formula is C11H11NO4S. The second kappa shape index (κ2) is 3.89. The van der Waals surface area contributed by atoms with Crippen molar-refractivity contribution >= 4 is 26.5 Å². The molecule has 0 fully saturated rings. The van der Waals surface area contributed by atoms with Gasteiger partial charge < -0.3 is 10.1 Å². The largest absolute Gasteiger partial charge is 0.505 e. The Morgan fingerprint density at radius 1 is 1.35 bits per heavy atom. The minimum atomic E-state index is -3.41. The summed E-state index contributed by atoms with van der Waals surface area (Å²) >= 11 is 0. The first-order chi connectivity index (χ1) is 7.88. The summed E-state index contributed by atoms with van der Waals surface area (Å²) in [4.78, 5) is 14.4. The Kier molecular flexibility index (Phi) is 2.66. The Morgan fingerprint density at radius 2 is 2.00 bits per heavy atom. The lowest BCUT2D eigenvalue weighted by Crippen LogP contribution is -2.14. The molecule has 0 aliphatic carbocycles. The van der Waals surface area contributed by atoms with Crippen LogP contribution in [0.1, 0.15) is 10.5 Å². The first-order valence-corrected chi connectivity index (χ1v) is 6.95. The molecule has 0 atom stereocenters. The summed E-state index contributed by atoms with van der Waals surface area (Å²) in [6.45, 7) is 0. The first-order valence-electron chi connectivity index (χ1n) is 4.89. The average molecular weight is 253 g/mol. The van der Waals surface area contributed by atoms with Gasteiger partial charge in [0.2, 0.25) is 0 Å². The highest BCUT2D eigenvalue weighted by Gasteiger charge is 2.20. The zero-order valence-corrected chi connectivity index (χ0v) is 9.91. The summed E-state index contributed by atoms with van der Waals surface area (Å²) in [6.07, 6.45) is 0.977. The highest BCUT2D eigenvalue weighted by atomic mass is 32.2. The number of Topliss-reactive ketones (excluding diaryl/α,β-unsaturated/α-hetero) is 1. The maximum Gasteiger partial charge on any atom is 0.197 e. The normalized spacial score (nSPS) is 11.8. The molecule has 1 heterocycles. The van der Waals surface area contributed by atoms with Crippen LogP contribution in [-0.4, -0.2) is 36.3 Å². The molecule has 0 aliphatic rings. The third-order valence-electron chi connectivity index (χ3n) is 2.35. The molecule has 0 aliphatic heterocycles. The number of carbonyl (C=O) groups is 1. The lowest BCUT2D eigenvalue weighted by Gasteiger charge is -1.97. The molecule has 0 spiro atoms. The standard InChI is InChI=1S/C11H11NO4S/c1-17(15,16)6-9(13)10-11(14)7-4-2-3-5-8(7)12-10/h2-5,12,14H,6H2,1H3. The number of nitrogens with one attached hydrogen (secondary N) is 1. The van der Waals surface area contributed by atoms with Crippen LogP contribution in [0.4, 0.5) is 0 Å². The van der Waals surface area contributed by atoms with Crippen LogP contribution in [0.3, 0.4) is 0 Å². The van der Waals surface area contributed by atoms with Gasteiger partial charge in [-0.2, -0.15) is 0 Å². The average Bonchev–Trinajstić information content (AvgIpc) is 2.55. The van der Waals surface area contributed by atoms with Gasteiger partial charge in [-0.15, -0.1) is 0 Å². The van der Waals surface area contributed by atoms with E-state index >= 15 is 0 Å². The van der Waals surface area contributed by atoms with E-state index in [1.165, 1.54) is 0 Å². The van der Waals surface area contributed by atoms with Crippen molar-refractivity contribution in [3.05, 3.63) is 30.0 Å². The quantitative estimate of drug-likeness (QED) is 0.802. The molecule has 17 heavy (non-hydrogen) atoms. The van der Waals surface area contributed by atoms with Crippen molar-refractivity contribution in [1.29, 1.82) is 0 Å². The number of hydrogen-bond donors (Lipinski definition) is 2. The zero-order chi connectivity index (χ0) is 12.6. The Hall–Kier alpha value is -1.82. The number of hydrogen-bond acceptors (Lipinski definition) is 4. The molecule has 2 N–H and O–H groups in total. The predicted molar refractivity (Wildman–Crippen MR) is 64.0 cm³/mol. The molecule has 5 nitrogen and oxygen atoms in total. The fourth-order valence-corrected chi connectivity index (χ4v) is 2.26. The van der Waals surface area contributed by atoms with E-state index < -0.39 is 21.4 Å². The number of aromatic hydroxyl groups is 1. The predicted octanol–water partition coefficient (Wildman–Crippen LogP) is 1.10. The van der Waals surface area contributed by atoms with Gasteiger partial charge >= 0.3 is 0 Å². The second-order valence-corrected chi connectivity index (χ2v) is 6.03. The number of para-hydroxylation sites is 1. The van der Waals surface area contributed by atoms with E-state index in [2.05, 4.69) is 4.98 Å². The number of H-pyrrole nitrogens is 1. The summed E-state index contributed by atoms with van der Waals surface area (Å²) in [5.41, 5.74) is 0.540. The van der Waals surface area contributed by atoms with E-state index in [1.54, 1.807) is 24.3 Å². The number of benzene rings is 1. The maximum atomic E-state index is 11.7. The van der Waals surface area contributed by atoms with Crippen LogP contribution in [0.5, 0.6) is 5.75 Å². The van der Waals surface area contributed by atoms with E-state index in [9.17, 15) is 18.3 Å². The van der Waals surface area contributed by atoms with Crippen LogP contribution in [0.15, 0.2) is 24.3 Å². The van der Waals surface area contributed by atoms with Crippen LogP contribution >= 0.6 is 0 Å². The summed E-state index contributed by atoms with van der Waals surface area (Å²) in [7, 11) is -3.41. The molecule has 0 radical (unpaired) electrons. The molecule has 1 aromatic heterocycles. The van der Waals surface area contributed by atoms with Gasteiger partial charge in [0.1, 0.15) is 11.4 Å². The number of ketones is 1. The zero-order valence-electron chi connectivity index (χ0n) is 9.10. The summed E-state index contributed by atoms with van der Waals surface area (Å²) in [5.74, 6) is -1.46. The van der Waals surface area contributed by atoms with E-state index in [1.807, 2.05) is 0 Å². The van der Waals surface area contributed by atoms with Gasteiger partial charge in [-0.05, 0) is 12.1 Å². The van der Waals surface area contributed by atoms with Gasteiger partial charge in [0.05, 0.1) is 0 Å². The molecule has 2 rings (SSSR count). The Morgan fingerprint density at radius 3 is 2.59 bits per heavy atom. The number of aromatic nitrogens is 1. The highest BCUT2D eigenvalue weighted by Crippen LogP contribution is 2.28. The van der Waals surface area contributed by atoms with Gasteiger partial charge in [0.25, 0.3) is 0 Å². The molecule has 0 saturated carbocycles. The number of rotatable bonds is 3. The van der Waals surface area contributed by atoms with Crippen molar-refractivity contribution in [2.45, 2.75) is 0 Å². The molecule has 90 valence electrons. The van der Waals surface area contributed by atoms with Crippen LogP contribution in [0.25, 0.3) is 10.9 Å². The molecule has 0 amide bonds. The summed E-state index contributed by atoms with van der Waals surface area (Å²) in [6, 6.07) is 6.83. The van der Waals surface area contributed by atoms with Gasteiger partial charge in [-0.25, -0.2) is 8.42 Å². The fourth-order valence-electron chi connectivity index (χ4n) is 1.64. The van der Waals surface area contributed by atoms with E-state index in [-0.39, 0.29) is 11.4 Å². The molecule has 1 aromatic carbocycles. The Labute approximate surface area is 98.0 Å². The molecule has 0 saturated heterocycles. The van der Waals surface area contributed by atoms with Crippen molar-refractivity contribution in [1.82, 2.24) is 4.98 Å². The monoisotopic (exact) mass is 253 g/mol. The lowest BCUT2D eigenvalue weighted by atomic mass is 10.2. The topological polar surface area (TPSA) is 87.2 Å². The lowest BCUT2D eigenvalue weighted by molar-refractivity contribution is 0.101. The number of carbonyl (C=O) groups excluding carboxylic acids is 1. The summed E-state index contributed by atoms with van der Waals surface area (Å²) < 4.78 is 22.1. The fraction of sp³-hybridized carbons (Fsp3) is 0.182. The van der Waals surface area contributed by atoms with Gasteiger partial charge in [0.15, 0.2) is 21.4 Å². The second-order valence-electron chi connectivity index (χ2n) is 3.89. The molecule has 0 bridgehead atoms. The van der Waals surface area contributed by atoms with Crippen molar-refractivity contribution in [3.63, 3.8) is 0 Å². The Bertz CT molecular complexity index is 685. The van der Waals surface area contributed by atoms with Crippen molar-refractivity contribution in [2.24, 2.45) is 0 Å². The van der Waals surface area contributed by atoms with Gasteiger partial charge in [0, 0.05) is 17.2 Å². The third-order valence-corrected chi connectivity index (χ3v) is 3.14. The number of fused-ring (bicyclic) bond motifs is 1. The number of aromatic amines is 1. The van der Waals surface area contributed by atoms with E-state index in [4.69, 9.17) is 0 Å². The molecule has 0 unspecified atom stereocenters. The first kappa shape index (κ1) is 11.7. The Balaban J connectivity index is 2.49. The van der Waals surface area contributed by atoms with Crippen molar-refractivity contribution in [2.75, 3.05) is 12.0 Å².